The van der Waals surface area contributed by atoms with Crippen LogP contribution in [-0.4, -0.2) is 42.1 Å². The van der Waals surface area contributed by atoms with Crippen molar-refractivity contribution in [1.82, 2.24) is 5.48 Å². The fourth-order valence-electron chi connectivity index (χ4n) is 3.16. The minimum Gasteiger partial charge on any atom is -0.479 e. The third-order valence-corrected chi connectivity index (χ3v) is 7.21. The number of carbonyl (C=O) groups is 1. The maximum absolute atomic E-state index is 13.5. The molecule has 0 aromatic carbocycles. The number of rotatable bonds is 11. The van der Waals surface area contributed by atoms with Gasteiger partial charge in [-0.3, -0.25) is 9.40 Å². The standard InChI is InChI=1S/C17H36NO6P/c1-10-22-25(21,23-11-2)13(15(3,4)5)16(6,7)12-18-24-17(8,9)14(19)20/h13,18H,10-12H2,1-9H3,(H,19,20). The van der Waals surface area contributed by atoms with Crippen LogP contribution in [0.1, 0.15) is 62.3 Å². The van der Waals surface area contributed by atoms with Gasteiger partial charge >= 0.3 is 13.6 Å². The van der Waals surface area contributed by atoms with Gasteiger partial charge in [0.15, 0.2) is 5.60 Å². The summed E-state index contributed by atoms with van der Waals surface area (Å²) in [4.78, 5) is 16.5. The van der Waals surface area contributed by atoms with Crippen LogP contribution in [0.3, 0.4) is 0 Å². The lowest BCUT2D eigenvalue weighted by atomic mass is 9.75. The number of carboxylic acids is 1. The summed E-state index contributed by atoms with van der Waals surface area (Å²) in [5.74, 6) is -1.07. The second-order valence-corrected chi connectivity index (χ2v) is 10.5. The summed E-state index contributed by atoms with van der Waals surface area (Å²) in [7, 11) is -3.38. The molecule has 2 N–H and O–H groups in total. The number of hydrogen-bond acceptors (Lipinski definition) is 6. The first-order valence-corrected chi connectivity index (χ1v) is 10.3. The van der Waals surface area contributed by atoms with Crippen LogP contribution in [0.5, 0.6) is 0 Å². The number of hydroxylamine groups is 1. The highest BCUT2D eigenvalue weighted by molar-refractivity contribution is 7.54. The van der Waals surface area contributed by atoms with Gasteiger partial charge in [0.05, 0.1) is 18.9 Å². The molecule has 0 saturated carbocycles. The molecule has 0 fully saturated rings. The average Bonchev–Trinajstić information content (AvgIpc) is 2.35. The predicted molar refractivity (Wildman–Crippen MR) is 98.7 cm³/mol. The Hall–Kier alpha value is -0.460. The van der Waals surface area contributed by atoms with Crippen LogP contribution in [0.4, 0.5) is 0 Å². The van der Waals surface area contributed by atoms with Gasteiger partial charge in [-0.2, -0.15) is 0 Å². The summed E-state index contributed by atoms with van der Waals surface area (Å²) >= 11 is 0. The van der Waals surface area contributed by atoms with E-state index in [2.05, 4.69) is 5.48 Å². The first kappa shape index (κ1) is 24.5. The maximum atomic E-state index is 13.5. The van der Waals surface area contributed by atoms with Gasteiger partial charge in [-0.05, 0) is 38.5 Å². The summed E-state index contributed by atoms with van der Waals surface area (Å²) in [6.45, 7) is 17.2. The minimum absolute atomic E-state index is 0.287. The second kappa shape index (κ2) is 8.96. The van der Waals surface area contributed by atoms with Crippen molar-refractivity contribution in [3.05, 3.63) is 0 Å². The van der Waals surface area contributed by atoms with Gasteiger partial charge in [0.1, 0.15) is 0 Å². The molecule has 0 heterocycles. The molecule has 0 aliphatic carbocycles. The lowest BCUT2D eigenvalue weighted by molar-refractivity contribution is -0.172. The highest BCUT2D eigenvalue weighted by Gasteiger charge is 2.52. The lowest BCUT2D eigenvalue weighted by Crippen LogP contribution is -2.49. The predicted octanol–water partition coefficient (Wildman–Crippen LogP) is 4.08. The van der Waals surface area contributed by atoms with Crippen LogP contribution < -0.4 is 5.48 Å². The van der Waals surface area contributed by atoms with E-state index in [9.17, 15) is 9.36 Å². The zero-order chi connectivity index (χ0) is 20.1. The SMILES string of the molecule is CCOP(=O)(OCC)C(C(C)(C)C)C(C)(C)CNOC(C)(C)C(=O)O. The summed E-state index contributed by atoms with van der Waals surface area (Å²) in [5.41, 5.74) is 0.0423. The van der Waals surface area contributed by atoms with Crippen molar-refractivity contribution in [2.24, 2.45) is 10.8 Å². The first-order valence-electron chi connectivity index (χ1n) is 8.67. The maximum Gasteiger partial charge on any atom is 0.337 e. The molecule has 0 amide bonds. The quantitative estimate of drug-likeness (QED) is 0.411. The fourth-order valence-corrected chi connectivity index (χ4v) is 6.15. The number of hydrogen-bond donors (Lipinski definition) is 2. The van der Waals surface area contributed by atoms with Crippen molar-refractivity contribution >= 4 is 13.6 Å². The molecule has 0 saturated heterocycles. The van der Waals surface area contributed by atoms with Crippen LogP contribution in [0.15, 0.2) is 0 Å². The van der Waals surface area contributed by atoms with Gasteiger partial charge in [-0.1, -0.05) is 34.6 Å². The summed E-state index contributed by atoms with van der Waals surface area (Å²) in [6.07, 6.45) is 0. The highest BCUT2D eigenvalue weighted by atomic mass is 31.2. The van der Waals surface area contributed by atoms with Crippen LogP contribution in [-0.2, 0) is 23.2 Å². The Bertz CT molecular complexity index is 474. The fraction of sp³-hybridized carbons (Fsp3) is 0.941. The molecule has 0 aromatic rings. The highest BCUT2D eigenvalue weighted by Crippen LogP contribution is 2.63. The number of aliphatic carboxylic acids is 1. The number of nitrogens with one attached hydrogen (secondary N) is 1. The zero-order valence-corrected chi connectivity index (χ0v) is 18.0. The van der Waals surface area contributed by atoms with Crippen LogP contribution in [0, 0.1) is 10.8 Å². The molecule has 150 valence electrons. The van der Waals surface area contributed by atoms with Gasteiger partial charge in [-0.25, -0.2) is 10.3 Å². The largest absolute Gasteiger partial charge is 0.479 e. The molecular weight excluding hydrogens is 345 g/mol. The van der Waals surface area contributed by atoms with Crippen LogP contribution in [0.2, 0.25) is 0 Å². The molecule has 7 nitrogen and oxygen atoms in total. The Kier molecular flexibility index (Phi) is 8.79. The van der Waals surface area contributed by atoms with E-state index >= 15 is 0 Å². The zero-order valence-electron chi connectivity index (χ0n) is 17.1. The molecule has 0 rings (SSSR count). The Labute approximate surface area is 152 Å². The van der Waals surface area contributed by atoms with E-state index in [0.717, 1.165) is 0 Å². The molecular formula is C17H36NO6P. The van der Waals surface area contributed by atoms with Crippen molar-refractivity contribution in [1.29, 1.82) is 0 Å². The smallest absolute Gasteiger partial charge is 0.337 e. The van der Waals surface area contributed by atoms with Crippen molar-refractivity contribution < 1.29 is 28.4 Å². The third kappa shape index (κ3) is 6.99. The monoisotopic (exact) mass is 381 g/mol. The summed E-state index contributed by atoms with van der Waals surface area (Å²) in [6, 6.07) is 0. The van der Waals surface area contributed by atoms with E-state index in [1.807, 2.05) is 34.6 Å². The molecule has 8 heteroatoms. The van der Waals surface area contributed by atoms with Crippen LogP contribution >= 0.6 is 7.60 Å². The van der Waals surface area contributed by atoms with Crippen molar-refractivity contribution in [2.75, 3.05) is 19.8 Å². The Morgan fingerprint density at radius 2 is 1.48 bits per heavy atom. The summed E-state index contributed by atoms with van der Waals surface area (Å²) in [5, 5.41) is 9.13. The van der Waals surface area contributed by atoms with Gasteiger partial charge in [0.2, 0.25) is 0 Å². The van der Waals surface area contributed by atoms with Gasteiger partial charge in [0.25, 0.3) is 0 Å². The normalized spacial score (nSPS) is 15.2. The molecule has 1 atom stereocenters. The molecule has 0 aromatic heterocycles. The average molecular weight is 381 g/mol. The van der Waals surface area contributed by atoms with Crippen molar-refractivity contribution in [3.63, 3.8) is 0 Å². The molecule has 0 radical (unpaired) electrons. The molecule has 0 aliphatic heterocycles. The molecule has 0 bridgehead atoms. The first-order chi connectivity index (χ1) is 11.1. The van der Waals surface area contributed by atoms with Crippen molar-refractivity contribution in [3.8, 4) is 0 Å². The van der Waals surface area contributed by atoms with Crippen molar-refractivity contribution in [2.45, 2.75) is 73.6 Å². The topological polar surface area (TPSA) is 94.1 Å². The van der Waals surface area contributed by atoms with E-state index in [-0.39, 0.29) is 25.2 Å². The molecule has 25 heavy (non-hydrogen) atoms. The number of carboxylic acid groups (broad SMARTS) is 1. The Morgan fingerprint density at radius 1 is 1.04 bits per heavy atom. The van der Waals surface area contributed by atoms with Gasteiger partial charge < -0.3 is 14.2 Å². The minimum atomic E-state index is -3.38. The summed E-state index contributed by atoms with van der Waals surface area (Å²) < 4.78 is 24.7. The van der Waals surface area contributed by atoms with E-state index < -0.39 is 30.2 Å². The van der Waals surface area contributed by atoms with Gasteiger partial charge in [0, 0.05) is 6.54 Å². The van der Waals surface area contributed by atoms with E-state index in [4.69, 9.17) is 19.0 Å². The lowest BCUT2D eigenvalue weighted by Gasteiger charge is -2.45. The molecule has 0 spiro atoms. The third-order valence-electron chi connectivity index (χ3n) is 3.86. The Morgan fingerprint density at radius 3 is 1.80 bits per heavy atom. The molecule has 0 aliphatic rings. The molecule has 1 unspecified atom stereocenters. The second-order valence-electron chi connectivity index (χ2n) is 8.37. The van der Waals surface area contributed by atoms with Gasteiger partial charge in [-0.15, -0.1) is 0 Å². The van der Waals surface area contributed by atoms with E-state index in [1.165, 1.54) is 13.8 Å². The van der Waals surface area contributed by atoms with E-state index in [0.29, 0.717) is 0 Å². The Balaban J connectivity index is 5.51. The van der Waals surface area contributed by atoms with E-state index in [1.54, 1.807) is 13.8 Å². The van der Waals surface area contributed by atoms with Crippen LogP contribution in [0.25, 0.3) is 0 Å².